The minimum absolute atomic E-state index is 0.0194. The topological polar surface area (TPSA) is 213 Å². The van der Waals surface area contributed by atoms with Gasteiger partial charge in [0.25, 0.3) is 0 Å². The summed E-state index contributed by atoms with van der Waals surface area (Å²) in [5, 5.41) is 74.9. The lowest BCUT2D eigenvalue weighted by atomic mass is 9.31. The molecule has 7 N–H and O–H groups in total. The summed E-state index contributed by atoms with van der Waals surface area (Å²) in [6, 6.07) is 0. The molecule has 7 rings (SSSR count). The molecule has 0 bridgehead atoms. The summed E-state index contributed by atoms with van der Waals surface area (Å²) in [6.07, 6.45) is -6.16. The maximum Gasteiger partial charge on any atom is 0.309 e. The highest BCUT2D eigenvalue weighted by atomic mass is 16.8. The van der Waals surface area contributed by atoms with E-state index < -0.39 is 78.2 Å². The average Bonchev–Trinajstić information content (AvgIpc) is 3.10. The summed E-state index contributed by atoms with van der Waals surface area (Å²) in [6.45, 7) is 14.4. The van der Waals surface area contributed by atoms with Crippen LogP contribution in [0.1, 0.15) is 113 Å². The lowest BCUT2D eigenvalue weighted by Gasteiger charge is -2.73. The number of Topliss-reactive ketones (excluding diaryl/α,β-unsaturated/α-hetero) is 1. The molecule has 5 aliphatic carbocycles. The van der Waals surface area contributed by atoms with Crippen LogP contribution in [-0.4, -0.2) is 122 Å². The van der Waals surface area contributed by atoms with Gasteiger partial charge in [-0.1, -0.05) is 41.5 Å². The zero-order chi connectivity index (χ0) is 39.6. The predicted octanol–water partition coefficient (Wildman–Crippen LogP) is 2.78. The number of ether oxygens (including phenoxy) is 4. The first-order chi connectivity index (χ1) is 25.1. The molecule has 0 aromatic heterocycles. The van der Waals surface area contributed by atoms with Crippen molar-refractivity contribution in [2.24, 2.45) is 56.2 Å². The second-order valence-electron chi connectivity index (χ2n) is 20.4. The minimum Gasteiger partial charge on any atom is -0.481 e. The normalized spacial score (nSPS) is 55.8. The average molecular weight is 767 g/mol. The second-order valence-corrected chi connectivity index (χ2v) is 20.4. The largest absolute Gasteiger partial charge is 0.481 e. The molecule has 0 amide bonds. The van der Waals surface area contributed by atoms with Crippen molar-refractivity contribution in [1.82, 2.24) is 0 Å². The third kappa shape index (κ3) is 5.83. The molecule has 19 atom stereocenters. The summed E-state index contributed by atoms with van der Waals surface area (Å²) in [5.74, 6) is -1.09. The molecule has 0 aromatic carbocycles. The van der Waals surface area contributed by atoms with Crippen LogP contribution in [0.2, 0.25) is 0 Å². The number of carboxylic acids is 1. The van der Waals surface area contributed by atoms with E-state index in [0.717, 1.165) is 25.7 Å². The van der Waals surface area contributed by atoms with Gasteiger partial charge in [0.05, 0.1) is 30.8 Å². The van der Waals surface area contributed by atoms with Gasteiger partial charge >= 0.3 is 5.97 Å². The standard InChI is InChI=1S/C41H66O13/c1-20-28(45)30(47)31(48)33(52-20)54-32-29(46)23(44)18-51-34(32)53-26-9-10-37(4)24(38(26,5)19-42)8-11-39(6)25(37)16-22(43)27-21-17-36(2,3)12-14-41(21,35(49)50)15-13-40(27,39)7/h20-21,23-34,42,44-48H,8-19H2,1-7H3,(H,49,50)/t20-,21+,23+,24-,25-,26+,27+,28+,29+,30-,31-,32-,33+,34+,37+,38+,39-,40-,41+/m1/s1. The van der Waals surface area contributed by atoms with Crippen LogP contribution in [0.15, 0.2) is 0 Å². The summed E-state index contributed by atoms with van der Waals surface area (Å²) in [7, 11) is 0. The molecule has 0 aromatic rings. The van der Waals surface area contributed by atoms with Crippen molar-refractivity contribution in [2.75, 3.05) is 13.2 Å². The first kappa shape index (κ1) is 40.9. The van der Waals surface area contributed by atoms with Gasteiger partial charge < -0.3 is 54.7 Å². The molecule has 13 heteroatoms. The Hall–Kier alpha value is -1.26. The summed E-state index contributed by atoms with van der Waals surface area (Å²) in [5.41, 5.74) is -2.63. The van der Waals surface area contributed by atoms with Gasteiger partial charge in [0.1, 0.15) is 42.4 Å². The van der Waals surface area contributed by atoms with Crippen molar-refractivity contribution < 1.29 is 64.3 Å². The summed E-state index contributed by atoms with van der Waals surface area (Å²) in [4.78, 5) is 27.8. The third-order valence-electron chi connectivity index (χ3n) is 17.4. The number of aliphatic hydroxyl groups excluding tert-OH is 6. The van der Waals surface area contributed by atoms with Gasteiger partial charge in [-0.25, -0.2) is 0 Å². The first-order valence-electron chi connectivity index (χ1n) is 20.5. The Morgan fingerprint density at radius 1 is 0.796 bits per heavy atom. The molecule has 0 unspecified atom stereocenters. The minimum atomic E-state index is -1.65. The fourth-order valence-electron chi connectivity index (χ4n) is 13.8. The number of rotatable bonds is 6. The highest BCUT2D eigenvalue weighted by molar-refractivity contribution is 5.86. The Kier molecular flexibility index (Phi) is 10.4. The zero-order valence-electron chi connectivity index (χ0n) is 33.1. The molecule has 308 valence electrons. The number of aliphatic carboxylic acids is 1. The van der Waals surface area contributed by atoms with E-state index in [1.54, 1.807) is 0 Å². The molecule has 0 radical (unpaired) electrons. The van der Waals surface area contributed by atoms with Crippen LogP contribution in [0, 0.1) is 56.2 Å². The predicted molar refractivity (Wildman–Crippen MR) is 192 cm³/mol. The molecule has 0 spiro atoms. The number of carbonyl (C=O) groups excluding carboxylic acids is 1. The van der Waals surface area contributed by atoms with Crippen LogP contribution in [0.5, 0.6) is 0 Å². The number of carboxylic acid groups (broad SMARTS) is 1. The van der Waals surface area contributed by atoms with Crippen LogP contribution in [0.4, 0.5) is 0 Å². The van der Waals surface area contributed by atoms with Crippen LogP contribution in [-0.2, 0) is 28.5 Å². The monoisotopic (exact) mass is 766 g/mol. The first-order valence-corrected chi connectivity index (χ1v) is 20.5. The summed E-state index contributed by atoms with van der Waals surface area (Å²) < 4.78 is 24.2. The lowest BCUT2D eigenvalue weighted by molar-refractivity contribution is -0.366. The van der Waals surface area contributed by atoms with E-state index in [-0.39, 0.29) is 64.3 Å². The van der Waals surface area contributed by atoms with Crippen LogP contribution in [0.3, 0.4) is 0 Å². The van der Waals surface area contributed by atoms with Crippen molar-refractivity contribution >= 4 is 11.8 Å². The third-order valence-corrected chi connectivity index (χ3v) is 17.4. The highest BCUT2D eigenvalue weighted by Gasteiger charge is 2.73. The Morgan fingerprint density at radius 3 is 2.15 bits per heavy atom. The number of hydrogen-bond donors (Lipinski definition) is 7. The molecule has 7 aliphatic rings. The number of fused-ring (bicyclic) bond motifs is 7. The van der Waals surface area contributed by atoms with Crippen molar-refractivity contribution in [3.05, 3.63) is 0 Å². The van der Waals surface area contributed by atoms with E-state index in [2.05, 4.69) is 34.6 Å². The van der Waals surface area contributed by atoms with E-state index in [4.69, 9.17) is 18.9 Å². The maximum atomic E-state index is 14.8. The van der Waals surface area contributed by atoms with Gasteiger partial charge in [-0.2, -0.15) is 0 Å². The van der Waals surface area contributed by atoms with Gasteiger partial charge in [0.2, 0.25) is 0 Å². The molecular weight excluding hydrogens is 700 g/mol. The van der Waals surface area contributed by atoms with Crippen molar-refractivity contribution in [1.29, 1.82) is 0 Å². The van der Waals surface area contributed by atoms with E-state index in [1.165, 1.54) is 6.92 Å². The SMILES string of the molecule is C[C@H]1O[C@@H](O[C@H]2[C@H](O[C@H]3CC[C@@]4(C)[C@@H](CC[C@]5(C)[C@@H]4CC(=O)[C@@H]4[C@@H]6CC(C)(C)CC[C@]6(C(=O)O)CC[C@]45C)[C@]3(C)CO)OC[C@H](O)[C@@H]2O)[C@H](O)[C@H](O)[C@H]1O. The van der Waals surface area contributed by atoms with E-state index in [9.17, 15) is 45.3 Å². The number of aliphatic hydroxyl groups is 6. The molecule has 13 nitrogen and oxygen atoms in total. The quantitative estimate of drug-likeness (QED) is 0.194. The fraction of sp³-hybridized carbons (Fsp3) is 0.951. The van der Waals surface area contributed by atoms with Gasteiger partial charge in [-0.15, -0.1) is 0 Å². The van der Waals surface area contributed by atoms with Crippen molar-refractivity contribution in [2.45, 2.75) is 174 Å². The van der Waals surface area contributed by atoms with E-state index in [1.807, 2.05) is 6.92 Å². The van der Waals surface area contributed by atoms with E-state index >= 15 is 0 Å². The molecule has 2 saturated heterocycles. The number of ketones is 1. The zero-order valence-corrected chi connectivity index (χ0v) is 33.1. The van der Waals surface area contributed by atoms with Gasteiger partial charge in [-0.3, -0.25) is 9.59 Å². The fourth-order valence-corrected chi connectivity index (χ4v) is 13.8. The second kappa shape index (κ2) is 13.7. The van der Waals surface area contributed by atoms with Crippen molar-refractivity contribution in [3.8, 4) is 0 Å². The number of hydrogen-bond acceptors (Lipinski definition) is 12. The van der Waals surface area contributed by atoms with Gasteiger partial charge in [0.15, 0.2) is 12.6 Å². The highest BCUT2D eigenvalue weighted by Crippen LogP contribution is 2.76. The smallest absolute Gasteiger partial charge is 0.309 e. The van der Waals surface area contributed by atoms with Crippen LogP contribution < -0.4 is 0 Å². The molecule has 5 saturated carbocycles. The Balaban J connectivity index is 1.15. The molecule has 54 heavy (non-hydrogen) atoms. The lowest BCUT2D eigenvalue weighted by Crippen LogP contribution is -2.70. The van der Waals surface area contributed by atoms with Crippen molar-refractivity contribution in [3.63, 3.8) is 0 Å². The van der Waals surface area contributed by atoms with Gasteiger partial charge in [0, 0.05) is 17.8 Å². The molecule has 2 aliphatic heterocycles. The maximum absolute atomic E-state index is 14.8. The Bertz CT molecular complexity index is 1460. The number of carbonyl (C=O) groups is 2. The van der Waals surface area contributed by atoms with E-state index in [0.29, 0.717) is 38.5 Å². The van der Waals surface area contributed by atoms with Crippen LogP contribution in [0.25, 0.3) is 0 Å². The Labute approximate surface area is 319 Å². The van der Waals surface area contributed by atoms with Gasteiger partial charge in [-0.05, 0) is 104 Å². The Morgan fingerprint density at radius 2 is 1.48 bits per heavy atom. The van der Waals surface area contributed by atoms with Crippen LogP contribution >= 0.6 is 0 Å². The summed E-state index contributed by atoms with van der Waals surface area (Å²) >= 11 is 0. The molecule has 7 fully saturated rings. The molecular formula is C41H66O13. The molecule has 2 heterocycles.